The van der Waals surface area contributed by atoms with Gasteiger partial charge in [-0.25, -0.2) is 18.4 Å². The van der Waals surface area contributed by atoms with Gasteiger partial charge < -0.3 is 14.7 Å². The van der Waals surface area contributed by atoms with Crippen LogP contribution in [0.25, 0.3) is 16.7 Å². The summed E-state index contributed by atoms with van der Waals surface area (Å²) in [6.45, 7) is 1.12. The summed E-state index contributed by atoms with van der Waals surface area (Å²) in [4.78, 5) is 34.4. The number of rotatable bonds is 7. The maximum absolute atomic E-state index is 13.4. The number of sulfonamides is 1. The van der Waals surface area contributed by atoms with Gasteiger partial charge in [0.15, 0.2) is 5.82 Å². The van der Waals surface area contributed by atoms with E-state index in [4.69, 9.17) is 27.9 Å². The highest BCUT2D eigenvalue weighted by Gasteiger charge is 2.28. The molecule has 1 aliphatic rings. The van der Waals surface area contributed by atoms with E-state index in [1.165, 1.54) is 36.7 Å². The number of carbonyl (C=O) groups excluding carboxylic acids is 1. The molecule has 202 valence electrons. The van der Waals surface area contributed by atoms with Gasteiger partial charge in [-0.3, -0.25) is 18.5 Å². The molecule has 2 aromatic heterocycles. The minimum Gasteiger partial charge on any atom is -0.480 e. The summed E-state index contributed by atoms with van der Waals surface area (Å²) in [5.74, 6) is -1.12. The van der Waals surface area contributed by atoms with Gasteiger partial charge in [0.1, 0.15) is 12.2 Å². The highest BCUT2D eigenvalue weighted by Crippen LogP contribution is 2.31. The van der Waals surface area contributed by atoms with Crippen molar-refractivity contribution in [1.82, 2.24) is 19.4 Å². The van der Waals surface area contributed by atoms with Gasteiger partial charge in [-0.15, -0.1) is 0 Å². The molecule has 1 N–H and O–H groups in total. The maximum Gasteiger partial charge on any atom is 0.324 e. The predicted octanol–water partition coefficient (Wildman–Crippen LogP) is 3.48. The molecule has 1 amide bonds. The number of anilines is 1. The molecule has 0 bridgehead atoms. The molecule has 5 rings (SSSR count). The van der Waals surface area contributed by atoms with Crippen molar-refractivity contribution in [2.75, 3.05) is 37.2 Å². The summed E-state index contributed by atoms with van der Waals surface area (Å²) in [5.41, 5.74) is 1.02. The third kappa shape index (κ3) is 5.55. The van der Waals surface area contributed by atoms with Crippen LogP contribution in [-0.4, -0.2) is 77.7 Å². The Bertz CT molecular complexity index is 1650. The molecule has 4 aromatic rings. The van der Waals surface area contributed by atoms with Crippen LogP contribution in [0.5, 0.6) is 0 Å². The van der Waals surface area contributed by atoms with Gasteiger partial charge in [0.05, 0.1) is 41.7 Å². The number of amides is 1. The standard InChI is InChI=1S/C25H21Cl2N5O6S/c26-17-10-18(27)12-20(11-17)39(36,37)32(15-24(33)34)19-1-2-22-16(9-19)3-4-31(22)23-14-28-21(13-29-23)25(35)30-5-7-38-8-6-30/h1-4,9-14H,5-8,15H2,(H,33,34). The lowest BCUT2D eigenvalue weighted by Gasteiger charge is -2.26. The average Bonchev–Trinajstić information content (AvgIpc) is 3.34. The number of hydrogen-bond donors (Lipinski definition) is 1. The molecular formula is C25H21Cl2N5O6S. The summed E-state index contributed by atoms with van der Waals surface area (Å²) in [6.07, 6.45) is 4.60. The Labute approximate surface area is 233 Å². The first-order chi connectivity index (χ1) is 18.6. The minimum atomic E-state index is -4.32. The molecule has 1 saturated heterocycles. The molecule has 0 spiro atoms. The van der Waals surface area contributed by atoms with Crippen LogP contribution in [-0.2, 0) is 19.6 Å². The van der Waals surface area contributed by atoms with Crippen molar-refractivity contribution in [3.8, 4) is 5.82 Å². The topological polar surface area (TPSA) is 135 Å². The Hall–Kier alpha value is -3.71. The van der Waals surface area contributed by atoms with Crippen LogP contribution >= 0.6 is 23.2 Å². The Balaban J connectivity index is 1.46. The van der Waals surface area contributed by atoms with Crippen LogP contribution in [0.1, 0.15) is 10.5 Å². The molecule has 2 aromatic carbocycles. The van der Waals surface area contributed by atoms with Crippen molar-refractivity contribution in [1.29, 1.82) is 0 Å². The summed E-state index contributed by atoms with van der Waals surface area (Å²) in [7, 11) is -4.32. The molecule has 39 heavy (non-hydrogen) atoms. The first-order valence-corrected chi connectivity index (χ1v) is 13.8. The third-order valence-corrected chi connectivity index (χ3v) is 8.26. The number of morpholine rings is 1. The second-order valence-corrected chi connectivity index (χ2v) is 11.3. The van der Waals surface area contributed by atoms with Crippen LogP contribution in [0.2, 0.25) is 10.0 Å². The summed E-state index contributed by atoms with van der Waals surface area (Å²) in [5, 5.41) is 10.3. The summed E-state index contributed by atoms with van der Waals surface area (Å²) >= 11 is 12.0. The quantitative estimate of drug-likeness (QED) is 0.346. The molecule has 0 atom stereocenters. The summed E-state index contributed by atoms with van der Waals surface area (Å²) in [6, 6.07) is 10.2. The van der Waals surface area contributed by atoms with Gasteiger partial charge in [0.2, 0.25) is 0 Å². The van der Waals surface area contributed by atoms with E-state index in [2.05, 4.69) is 9.97 Å². The average molecular weight is 590 g/mol. The molecular weight excluding hydrogens is 569 g/mol. The number of carbonyl (C=O) groups is 2. The van der Waals surface area contributed by atoms with Gasteiger partial charge in [-0.2, -0.15) is 0 Å². The Kier molecular flexibility index (Phi) is 7.45. The first-order valence-electron chi connectivity index (χ1n) is 11.6. The number of nitrogens with zero attached hydrogens (tertiary/aromatic N) is 5. The smallest absolute Gasteiger partial charge is 0.324 e. The lowest BCUT2D eigenvalue weighted by Crippen LogP contribution is -2.41. The molecule has 1 fully saturated rings. The number of carboxylic acid groups (broad SMARTS) is 1. The minimum absolute atomic E-state index is 0.0997. The maximum atomic E-state index is 13.4. The fraction of sp³-hybridized carbons (Fsp3) is 0.200. The van der Waals surface area contributed by atoms with Gasteiger partial charge in [0.25, 0.3) is 15.9 Å². The largest absolute Gasteiger partial charge is 0.480 e. The zero-order valence-electron chi connectivity index (χ0n) is 20.2. The number of ether oxygens (including phenoxy) is 1. The number of benzene rings is 2. The van der Waals surface area contributed by atoms with Crippen LogP contribution in [0, 0.1) is 0 Å². The zero-order valence-corrected chi connectivity index (χ0v) is 22.5. The number of aromatic nitrogens is 3. The first kappa shape index (κ1) is 26.9. The highest BCUT2D eigenvalue weighted by atomic mass is 35.5. The van der Waals surface area contributed by atoms with E-state index in [0.717, 1.165) is 4.31 Å². The normalized spacial score (nSPS) is 13.9. The predicted molar refractivity (Wildman–Crippen MR) is 144 cm³/mol. The number of fused-ring (bicyclic) bond motifs is 1. The van der Waals surface area contributed by atoms with Crippen molar-refractivity contribution < 1.29 is 27.9 Å². The second kappa shape index (κ2) is 10.8. The van der Waals surface area contributed by atoms with Crippen LogP contribution < -0.4 is 4.31 Å². The van der Waals surface area contributed by atoms with Crippen LogP contribution in [0.4, 0.5) is 5.69 Å². The molecule has 0 saturated carbocycles. The van der Waals surface area contributed by atoms with E-state index in [9.17, 15) is 23.1 Å². The van der Waals surface area contributed by atoms with E-state index in [1.807, 2.05) is 0 Å². The monoisotopic (exact) mass is 589 g/mol. The van der Waals surface area contributed by atoms with Crippen LogP contribution in [0.15, 0.2) is 66.0 Å². The summed E-state index contributed by atoms with van der Waals surface area (Å²) < 4.78 is 34.6. The van der Waals surface area contributed by atoms with Crippen molar-refractivity contribution in [3.63, 3.8) is 0 Å². The lowest BCUT2D eigenvalue weighted by molar-refractivity contribution is -0.135. The molecule has 3 heterocycles. The van der Waals surface area contributed by atoms with Gasteiger partial charge in [-0.1, -0.05) is 23.2 Å². The van der Waals surface area contributed by atoms with E-state index >= 15 is 0 Å². The van der Waals surface area contributed by atoms with Crippen molar-refractivity contribution >= 4 is 61.7 Å². The second-order valence-electron chi connectivity index (χ2n) is 8.60. The number of halogens is 2. The highest BCUT2D eigenvalue weighted by molar-refractivity contribution is 7.92. The van der Waals surface area contributed by atoms with E-state index in [0.29, 0.717) is 43.0 Å². The molecule has 0 radical (unpaired) electrons. The Morgan fingerprint density at radius 2 is 1.72 bits per heavy atom. The van der Waals surface area contributed by atoms with Crippen LogP contribution in [0.3, 0.4) is 0 Å². The Morgan fingerprint density at radius 1 is 1.00 bits per heavy atom. The zero-order chi connectivity index (χ0) is 27.7. The fourth-order valence-corrected chi connectivity index (χ4v) is 6.35. The molecule has 1 aliphatic heterocycles. The Morgan fingerprint density at radius 3 is 2.36 bits per heavy atom. The molecule has 11 nitrogen and oxygen atoms in total. The molecule has 0 aliphatic carbocycles. The third-order valence-electron chi connectivity index (χ3n) is 6.07. The van der Waals surface area contributed by atoms with E-state index in [1.54, 1.807) is 33.9 Å². The van der Waals surface area contributed by atoms with Crippen molar-refractivity contribution in [3.05, 3.63) is 76.8 Å². The van der Waals surface area contributed by atoms with Crippen molar-refractivity contribution in [2.24, 2.45) is 0 Å². The number of carboxylic acids is 1. The van der Waals surface area contributed by atoms with Gasteiger partial charge >= 0.3 is 5.97 Å². The van der Waals surface area contributed by atoms with Gasteiger partial charge in [0, 0.05) is 34.7 Å². The van der Waals surface area contributed by atoms with E-state index in [-0.39, 0.29) is 32.2 Å². The molecule has 0 unspecified atom stereocenters. The SMILES string of the molecule is O=C(O)CN(c1ccc2c(ccn2-c2cnc(C(=O)N3CCOCC3)cn2)c1)S(=O)(=O)c1cc(Cl)cc(Cl)c1. The van der Waals surface area contributed by atoms with Crippen molar-refractivity contribution in [2.45, 2.75) is 4.90 Å². The number of aliphatic carboxylic acids is 1. The fourth-order valence-electron chi connectivity index (χ4n) is 4.21. The van der Waals surface area contributed by atoms with E-state index < -0.39 is 22.5 Å². The molecule has 14 heteroatoms. The lowest BCUT2D eigenvalue weighted by atomic mass is 10.2. The van der Waals surface area contributed by atoms with Gasteiger partial charge in [-0.05, 0) is 42.5 Å². The number of hydrogen-bond acceptors (Lipinski definition) is 7.